The second-order valence-electron chi connectivity index (χ2n) is 4.52. The first-order chi connectivity index (χ1) is 9.19. The minimum atomic E-state index is -4.44. The smallest absolute Gasteiger partial charge is 0.337 e. The quantitative estimate of drug-likeness (QED) is 0.791. The molecule has 2 rings (SSSR count). The molecule has 1 aliphatic heterocycles. The molecule has 8 heteroatoms. The van der Waals surface area contributed by atoms with Crippen molar-refractivity contribution in [3.8, 4) is 0 Å². The van der Waals surface area contributed by atoms with Crippen LogP contribution in [0, 0.1) is 0 Å². The zero-order chi connectivity index (χ0) is 15.0. The zero-order valence-electron chi connectivity index (χ0n) is 10.4. The number of carbonyl (C=O) groups excluding carboxylic acids is 1. The Balaban J connectivity index is 2.11. The molecule has 1 aromatic rings. The highest BCUT2D eigenvalue weighted by atomic mass is 32.2. The van der Waals surface area contributed by atoms with Gasteiger partial charge in [-0.25, -0.2) is 8.42 Å². The van der Waals surface area contributed by atoms with Gasteiger partial charge in [0, 0.05) is 18.7 Å². The highest BCUT2D eigenvalue weighted by Crippen LogP contribution is 2.29. The third-order valence-electron chi connectivity index (χ3n) is 3.09. The SMILES string of the molecule is O=C(c1ccc(C(F)(F)F)cc1)N1CCS(=O)(=O)CC1. The number of amides is 1. The second kappa shape index (κ2) is 5.08. The second-order valence-corrected chi connectivity index (χ2v) is 6.82. The predicted octanol–water partition coefficient (Wildman–Crippen LogP) is 1.58. The summed E-state index contributed by atoms with van der Waals surface area (Å²) in [4.78, 5) is 13.4. The monoisotopic (exact) mass is 307 g/mol. The summed E-state index contributed by atoms with van der Waals surface area (Å²) in [6.45, 7) is 0.143. The van der Waals surface area contributed by atoms with Gasteiger partial charge in [-0.05, 0) is 24.3 Å². The van der Waals surface area contributed by atoms with Crippen LogP contribution < -0.4 is 0 Å². The standard InChI is InChI=1S/C12H12F3NO3S/c13-12(14,15)10-3-1-9(2-4-10)11(17)16-5-7-20(18,19)8-6-16/h1-4H,5-8H2. The summed E-state index contributed by atoms with van der Waals surface area (Å²) in [7, 11) is -3.10. The average molecular weight is 307 g/mol. The van der Waals surface area contributed by atoms with Crippen LogP contribution >= 0.6 is 0 Å². The molecule has 0 radical (unpaired) electrons. The van der Waals surface area contributed by atoms with Crippen molar-refractivity contribution in [2.45, 2.75) is 6.18 Å². The van der Waals surface area contributed by atoms with E-state index < -0.39 is 27.5 Å². The molecule has 1 saturated heterocycles. The van der Waals surface area contributed by atoms with Crippen LogP contribution in [0.3, 0.4) is 0 Å². The highest BCUT2D eigenvalue weighted by Gasteiger charge is 2.31. The fourth-order valence-corrected chi connectivity index (χ4v) is 3.10. The highest BCUT2D eigenvalue weighted by molar-refractivity contribution is 7.91. The lowest BCUT2D eigenvalue weighted by molar-refractivity contribution is -0.137. The molecular formula is C12H12F3NO3S. The fourth-order valence-electron chi connectivity index (χ4n) is 1.90. The molecule has 0 saturated carbocycles. The Morgan fingerprint density at radius 1 is 1.05 bits per heavy atom. The van der Waals surface area contributed by atoms with Gasteiger partial charge < -0.3 is 4.90 Å². The van der Waals surface area contributed by atoms with Crippen molar-refractivity contribution in [1.82, 2.24) is 4.90 Å². The van der Waals surface area contributed by atoms with Crippen LogP contribution in [0.1, 0.15) is 15.9 Å². The van der Waals surface area contributed by atoms with Gasteiger partial charge in [0.2, 0.25) is 0 Å². The van der Waals surface area contributed by atoms with Crippen molar-refractivity contribution in [2.24, 2.45) is 0 Å². The average Bonchev–Trinajstić information content (AvgIpc) is 2.37. The Hall–Kier alpha value is -1.57. The fraction of sp³-hybridized carbons (Fsp3) is 0.417. The summed E-state index contributed by atoms with van der Waals surface area (Å²) in [6.07, 6.45) is -4.44. The molecule has 1 amide bonds. The molecule has 0 bridgehead atoms. The molecule has 0 atom stereocenters. The third-order valence-corrected chi connectivity index (χ3v) is 4.70. The van der Waals surface area contributed by atoms with E-state index in [9.17, 15) is 26.4 Å². The van der Waals surface area contributed by atoms with E-state index in [0.717, 1.165) is 24.3 Å². The lowest BCUT2D eigenvalue weighted by atomic mass is 10.1. The predicted molar refractivity (Wildman–Crippen MR) is 66.0 cm³/mol. The van der Waals surface area contributed by atoms with E-state index in [1.165, 1.54) is 4.90 Å². The van der Waals surface area contributed by atoms with E-state index in [-0.39, 0.29) is 30.2 Å². The molecule has 4 nitrogen and oxygen atoms in total. The number of sulfone groups is 1. The Morgan fingerprint density at radius 2 is 1.55 bits per heavy atom. The van der Waals surface area contributed by atoms with Gasteiger partial charge in [0.05, 0.1) is 17.1 Å². The molecule has 0 aliphatic carbocycles. The van der Waals surface area contributed by atoms with Gasteiger partial charge in [-0.1, -0.05) is 0 Å². The molecule has 20 heavy (non-hydrogen) atoms. The van der Waals surface area contributed by atoms with Gasteiger partial charge in [-0.2, -0.15) is 13.2 Å². The number of alkyl halides is 3. The van der Waals surface area contributed by atoms with Crippen LogP contribution in [0.4, 0.5) is 13.2 Å². The van der Waals surface area contributed by atoms with Crippen LogP contribution in [0.2, 0.25) is 0 Å². The first-order valence-electron chi connectivity index (χ1n) is 5.86. The van der Waals surface area contributed by atoms with Crippen LogP contribution in [0.25, 0.3) is 0 Å². The lowest BCUT2D eigenvalue weighted by Gasteiger charge is -2.26. The van der Waals surface area contributed by atoms with Crippen LogP contribution in [-0.2, 0) is 16.0 Å². The van der Waals surface area contributed by atoms with Crippen molar-refractivity contribution in [3.05, 3.63) is 35.4 Å². The molecule has 1 aromatic carbocycles. The summed E-state index contributed by atoms with van der Waals surface area (Å²) in [5, 5.41) is 0. The molecule has 0 N–H and O–H groups in total. The van der Waals surface area contributed by atoms with Gasteiger partial charge in [-0.15, -0.1) is 0 Å². The Bertz CT molecular complexity index is 594. The van der Waals surface area contributed by atoms with E-state index >= 15 is 0 Å². The van der Waals surface area contributed by atoms with Gasteiger partial charge >= 0.3 is 6.18 Å². The minimum Gasteiger partial charge on any atom is -0.337 e. The molecule has 1 fully saturated rings. The number of halogens is 3. The van der Waals surface area contributed by atoms with Crippen LogP contribution in [-0.4, -0.2) is 43.8 Å². The number of nitrogens with zero attached hydrogens (tertiary/aromatic N) is 1. The topological polar surface area (TPSA) is 54.5 Å². The summed E-state index contributed by atoms with van der Waals surface area (Å²) in [5.41, 5.74) is -0.701. The third kappa shape index (κ3) is 3.30. The minimum absolute atomic E-state index is 0.0716. The molecular weight excluding hydrogens is 295 g/mol. The number of benzene rings is 1. The first-order valence-corrected chi connectivity index (χ1v) is 7.68. The molecule has 0 unspecified atom stereocenters. The van der Waals surface area contributed by atoms with Crippen LogP contribution in [0.15, 0.2) is 24.3 Å². The van der Waals surface area contributed by atoms with Crippen molar-refractivity contribution in [1.29, 1.82) is 0 Å². The van der Waals surface area contributed by atoms with Gasteiger partial charge in [-0.3, -0.25) is 4.79 Å². The van der Waals surface area contributed by atoms with E-state index in [4.69, 9.17) is 0 Å². The summed E-state index contributed by atoms with van der Waals surface area (Å²) in [5.74, 6) is -0.674. The van der Waals surface area contributed by atoms with E-state index in [1.54, 1.807) is 0 Å². The number of hydrogen-bond donors (Lipinski definition) is 0. The zero-order valence-corrected chi connectivity index (χ0v) is 11.2. The number of carbonyl (C=O) groups is 1. The van der Waals surface area contributed by atoms with E-state index in [2.05, 4.69) is 0 Å². The first kappa shape index (κ1) is 14.8. The molecule has 110 valence electrons. The van der Waals surface area contributed by atoms with E-state index in [0.29, 0.717) is 0 Å². The Morgan fingerprint density at radius 3 is 2.00 bits per heavy atom. The van der Waals surface area contributed by atoms with Crippen molar-refractivity contribution in [3.63, 3.8) is 0 Å². The Labute approximate surface area is 114 Å². The molecule has 1 heterocycles. The maximum atomic E-state index is 12.4. The van der Waals surface area contributed by atoms with Gasteiger partial charge in [0.15, 0.2) is 9.84 Å². The molecule has 1 aliphatic rings. The maximum absolute atomic E-state index is 12.4. The number of rotatable bonds is 1. The Kier molecular flexibility index (Phi) is 3.77. The lowest BCUT2D eigenvalue weighted by Crippen LogP contribution is -2.43. The summed E-state index contributed by atoms with van der Waals surface area (Å²) >= 11 is 0. The largest absolute Gasteiger partial charge is 0.416 e. The maximum Gasteiger partial charge on any atom is 0.416 e. The van der Waals surface area contributed by atoms with Gasteiger partial charge in [0.25, 0.3) is 5.91 Å². The van der Waals surface area contributed by atoms with Crippen molar-refractivity contribution < 1.29 is 26.4 Å². The van der Waals surface area contributed by atoms with Crippen molar-refractivity contribution >= 4 is 15.7 Å². The van der Waals surface area contributed by atoms with Crippen molar-refractivity contribution in [2.75, 3.05) is 24.6 Å². The molecule has 0 aromatic heterocycles. The van der Waals surface area contributed by atoms with E-state index in [1.807, 2.05) is 0 Å². The molecule has 0 spiro atoms. The van der Waals surface area contributed by atoms with Crippen LogP contribution in [0.5, 0.6) is 0 Å². The summed E-state index contributed by atoms with van der Waals surface area (Å²) < 4.78 is 59.7. The van der Waals surface area contributed by atoms with Gasteiger partial charge in [0.1, 0.15) is 0 Å². The number of hydrogen-bond acceptors (Lipinski definition) is 3. The summed E-state index contributed by atoms with van der Waals surface area (Å²) in [6, 6.07) is 3.89. The normalized spacial score (nSPS) is 18.9.